The predicted molar refractivity (Wildman–Crippen MR) is 242 cm³/mol. The summed E-state index contributed by atoms with van der Waals surface area (Å²) in [5.74, 6) is 2.00. The van der Waals surface area contributed by atoms with Gasteiger partial charge in [-0.3, -0.25) is 0 Å². The molecule has 4 nitrogen and oxygen atoms in total. The first kappa shape index (κ1) is 34.8. The minimum absolute atomic E-state index is 0.129. The van der Waals surface area contributed by atoms with Gasteiger partial charge in [-0.15, -0.1) is 0 Å². The first-order valence-corrected chi connectivity index (χ1v) is 20.3. The van der Waals surface area contributed by atoms with Gasteiger partial charge < -0.3 is 4.90 Å². The van der Waals surface area contributed by atoms with Crippen molar-refractivity contribution in [3.05, 3.63) is 216 Å². The second-order valence-corrected chi connectivity index (χ2v) is 16.0. The van der Waals surface area contributed by atoms with Crippen molar-refractivity contribution in [2.75, 3.05) is 4.90 Å². The Balaban J connectivity index is 0.986. The lowest BCUT2D eigenvalue weighted by Crippen LogP contribution is -2.15. The fourth-order valence-corrected chi connectivity index (χ4v) is 9.19. The van der Waals surface area contributed by atoms with Gasteiger partial charge in [-0.05, 0) is 98.1 Å². The molecule has 4 heteroatoms. The molecule has 0 radical (unpaired) electrons. The average Bonchev–Trinajstić information content (AvgIpc) is 3.79. The van der Waals surface area contributed by atoms with Crippen molar-refractivity contribution >= 4 is 17.1 Å². The van der Waals surface area contributed by atoms with Crippen LogP contribution < -0.4 is 4.90 Å². The van der Waals surface area contributed by atoms with E-state index in [0.717, 1.165) is 34.5 Å². The van der Waals surface area contributed by atoms with Gasteiger partial charge >= 0.3 is 0 Å². The van der Waals surface area contributed by atoms with Crippen molar-refractivity contribution in [2.24, 2.45) is 0 Å². The van der Waals surface area contributed by atoms with Crippen LogP contribution in [0.5, 0.6) is 0 Å². The van der Waals surface area contributed by atoms with Crippen LogP contribution in [0.15, 0.2) is 194 Å². The number of hydrogen-bond donors (Lipinski definition) is 0. The van der Waals surface area contributed by atoms with Crippen molar-refractivity contribution in [3.8, 4) is 67.5 Å². The van der Waals surface area contributed by atoms with E-state index in [-0.39, 0.29) is 5.41 Å². The lowest BCUT2D eigenvalue weighted by atomic mass is 9.82. The summed E-state index contributed by atoms with van der Waals surface area (Å²) >= 11 is 0. The van der Waals surface area contributed by atoms with Crippen LogP contribution in [0.2, 0.25) is 0 Å². The summed E-state index contributed by atoms with van der Waals surface area (Å²) in [6, 6.07) is 69.2. The van der Waals surface area contributed by atoms with Gasteiger partial charge in [0.05, 0.1) is 5.69 Å². The Morgan fingerprint density at radius 3 is 1.61 bits per heavy atom. The van der Waals surface area contributed by atoms with E-state index in [4.69, 9.17) is 15.0 Å². The molecular weight excluding hydrogens is 717 g/mol. The van der Waals surface area contributed by atoms with Crippen LogP contribution in [0.3, 0.4) is 0 Å². The molecule has 2 aliphatic carbocycles. The minimum atomic E-state index is -0.129. The Morgan fingerprint density at radius 1 is 0.390 bits per heavy atom. The average molecular weight is 757 g/mol. The Morgan fingerprint density at radius 2 is 0.898 bits per heavy atom. The maximum Gasteiger partial charge on any atom is 0.164 e. The van der Waals surface area contributed by atoms with Gasteiger partial charge in [0.15, 0.2) is 17.5 Å². The fourth-order valence-electron chi connectivity index (χ4n) is 9.19. The van der Waals surface area contributed by atoms with Crippen molar-refractivity contribution in [1.82, 2.24) is 15.0 Å². The van der Waals surface area contributed by atoms with Gasteiger partial charge in [0.1, 0.15) is 0 Å². The van der Waals surface area contributed by atoms with E-state index in [1.807, 2.05) is 18.2 Å². The molecule has 0 N–H and O–H groups in total. The second kappa shape index (κ2) is 13.9. The maximum atomic E-state index is 5.22. The first-order chi connectivity index (χ1) is 29.0. The summed E-state index contributed by atoms with van der Waals surface area (Å²) in [5, 5.41) is 0. The van der Waals surface area contributed by atoms with Crippen LogP contribution in [0, 0.1) is 0 Å². The van der Waals surface area contributed by atoms with Crippen LogP contribution >= 0.6 is 0 Å². The third-order valence-corrected chi connectivity index (χ3v) is 12.2. The number of rotatable bonds is 7. The summed E-state index contributed by atoms with van der Waals surface area (Å²) < 4.78 is 0. The molecule has 11 rings (SSSR count). The smallest absolute Gasteiger partial charge is 0.164 e. The van der Waals surface area contributed by atoms with Gasteiger partial charge in [0.25, 0.3) is 0 Å². The quantitative estimate of drug-likeness (QED) is 0.162. The molecule has 0 unspecified atom stereocenters. The Kier molecular flexibility index (Phi) is 8.19. The standard InChI is InChI=1S/C55H40N4/c1-55(2)49-23-13-12-21-46(49)47-32-28-40(35-50(47)55)54-57-52(38-17-8-4-9-18-38)56-53(58-54)39-27-31-44-41(33-39)34-48-45(44)22-14-24-51(48)59(42-19-10-5-11-20-42)43-29-25-37(26-30-43)36-15-6-3-7-16-36/h3-33,35H,34H2,1-2H3. The highest BCUT2D eigenvalue weighted by molar-refractivity contribution is 5.89. The second-order valence-electron chi connectivity index (χ2n) is 16.0. The van der Waals surface area contributed by atoms with E-state index in [1.165, 1.54) is 61.3 Å². The van der Waals surface area contributed by atoms with Crippen molar-refractivity contribution < 1.29 is 0 Å². The third-order valence-electron chi connectivity index (χ3n) is 12.2. The molecule has 59 heavy (non-hydrogen) atoms. The van der Waals surface area contributed by atoms with Crippen LogP contribution in [0.25, 0.3) is 67.5 Å². The molecule has 2 aliphatic rings. The highest BCUT2D eigenvalue weighted by Crippen LogP contribution is 2.50. The van der Waals surface area contributed by atoms with Crippen molar-refractivity contribution in [3.63, 3.8) is 0 Å². The van der Waals surface area contributed by atoms with E-state index in [1.54, 1.807) is 0 Å². The predicted octanol–water partition coefficient (Wildman–Crippen LogP) is 13.9. The zero-order valence-electron chi connectivity index (χ0n) is 33.0. The van der Waals surface area contributed by atoms with E-state index in [2.05, 4.69) is 195 Å². The summed E-state index contributed by atoms with van der Waals surface area (Å²) in [5.41, 5.74) is 18.9. The summed E-state index contributed by atoms with van der Waals surface area (Å²) in [6.07, 6.45) is 0.796. The van der Waals surface area contributed by atoms with Crippen molar-refractivity contribution in [2.45, 2.75) is 25.7 Å². The minimum Gasteiger partial charge on any atom is -0.310 e. The first-order valence-electron chi connectivity index (χ1n) is 20.3. The summed E-state index contributed by atoms with van der Waals surface area (Å²) in [6.45, 7) is 4.62. The van der Waals surface area contributed by atoms with E-state index < -0.39 is 0 Å². The van der Waals surface area contributed by atoms with Gasteiger partial charge in [-0.25, -0.2) is 15.0 Å². The van der Waals surface area contributed by atoms with Crippen LogP contribution in [-0.2, 0) is 11.8 Å². The lowest BCUT2D eigenvalue weighted by molar-refractivity contribution is 0.660. The number of hydrogen-bond acceptors (Lipinski definition) is 4. The number of benzene rings is 8. The lowest BCUT2D eigenvalue weighted by Gasteiger charge is -2.28. The number of para-hydroxylation sites is 1. The highest BCUT2D eigenvalue weighted by Gasteiger charge is 2.35. The van der Waals surface area contributed by atoms with E-state index in [9.17, 15) is 0 Å². The molecule has 0 aliphatic heterocycles. The largest absolute Gasteiger partial charge is 0.310 e. The molecule has 0 saturated carbocycles. The number of aromatic nitrogens is 3. The number of fused-ring (bicyclic) bond motifs is 6. The van der Waals surface area contributed by atoms with Crippen molar-refractivity contribution in [1.29, 1.82) is 0 Å². The van der Waals surface area contributed by atoms with Gasteiger partial charge in [0.2, 0.25) is 0 Å². The van der Waals surface area contributed by atoms with Crippen LogP contribution in [0.4, 0.5) is 17.1 Å². The number of anilines is 3. The van der Waals surface area contributed by atoms with E-state index in [0.29, 0.717) is 17.5 Å². The zero-order chi connectivity index (χ0) is 39.5. The SMILES string of the molecule is CC1(C)c2ccccc2-c2ccc(-c3nc(-c4ccccc4)nc(-c4ccc5c(c4)Cc4c-5cccc4N(c4ccccc4)c4ccc(-c5ccccc5)cc4)n3)cc21. The van der Waals surface area contributed by atoms with Gasteiger partial charge in [-0.2, -0.15) is 0 Å². The summed E-state index contributed by atoms with van der Waals surface area (Å²) in [4.78, 5) is 17.9. The monoisotopic (exact) mass is 756 g/mol. The molecular formula is C55H40N4. The third kappa shape index (κ3) is 5.95. The molecule has 0 saturated heterocycles. The normalized spacial score (nSPS) is 13.0. The molecule has 1 aromatic heterocycles. The van der Waals surface area contributed by atoms with E-state index >= 15 is 0 Å². The Labute approximate surface area is 345 Å². The fraction of sp³-hybridized carbons (Fsp3) is 0.0727. The zero-order valence-corrected chi connectivity index (χ0v) is 33.0. The topological polar surface area (TPSA) is 41.9 Å². The Hall–Kier alpha value is -7.43. The molecule has 0 amide bonds. The molecule has 9 aromatic rings. The summed E-state index contributed by atoms with van der Waals surface area (Å²) in [7, 11) is 0. The molecule has 1 heterocycles. The highest BCUT2D eigenvalue weighted by atomic mass is 15.1. The molecule has 0 bridgehead atoms. The van der Waals surface area contributed by atoms with Gasteiger partial charge in [-0.1, -0.05) is 166 Å². The molecule has 8 aromatic carbocycles. The molecule has 0 spiro atoms. The van der Waals surface area contributed by atoms with Crippen LogP contribution in [0.1, 0.15) is 36.1 Å². The maximum absolute atomic E-state index is 5.22. The molecule has 0 atom stereocenters. The van der Waals surface area contributed by atoms with Crippen LogP contribution in [-0.4, -0.2) is 15.0 Å². The Bertz CT molecular complexity index is 3030. The van der Waals surface area contributed by atoms with Gasteiger partial charge in [0, 0.05) is 39.9 Å². The molecule has 280 valence electrons. The number of nitrogens with zero attached hydrogens (tertiary/aromatic N) is 4. The molecule has 0 fully saturated rings.